The number of rotatable bonds is 9. The summed E-state index contributed by atoms with van der Waals surface area (Å²) in [5.74, 6) is -1.20. The summed E-state index contributed by atoms with van der Waals surface area (Å²) in [5.41, 5.74) is 0.148. The number of carbonyl (C=O) groups is 3. The molecule has 0 radical (unpaired) electrons. The molecule has 1 aromatic heterocycles. The van der Waals surface area contributed by atoms with Crippen LogP contribution in [0.5, 0.6) is 0 Å². The summed E-state index contributed by atoms with van der Waals surface area (Å²) in [6, 6.07) is 21.9. The van der Waals surface area contributed by atoms with Crippen molar-refractivity contribution in [1.82, 2.24) is 0 Å². The maximum Gasteiger partial charge on any atom is 0.344 e. The summed E-state index contributed by atoms with van der Waals surface area (Å²) in [4.78, 5) is 64.6. The van der Waals surface area contributed by atoms with Crippen LogP contribution in [-0.2, 0) is 23.8 Å². The van der Waals surface area contributed by atoms with Gasteiger partial charge in [-0.2, -0.15) is 0 Å². The molecule has 0 spiro atoms. The Morgan fingerprint density at radius 2 is 1.06 bits per heavy atom. The molecule has 0 unspecified atom stereocenters. The van der Waals surface area contributed by atoms with Crippen molar-refractivity contribution in [2.75, 3.05) is 20.3 Å². The van der Waals surface area contributed by atoms with E-state index < -0.39 is 29.2 Å². The Labute approximate surface area is 309 Å². The van der Waals surface area contributed by atoms with Gasteiger partial charge in [0.15, 0.2) is 0 Å². The van der Waals surface area contributed by atoms with Crippen molar-refractivity contribution in [2.45, 2.75) is 27.7 Å². The van der Waals surface area contributed by atoms with Gasteiger partial charge in [0.05, 0.1) is 36.7 Å². The second kappa shape index (κ2) is 16.0. The van der Waals surface area contributed by atoms with Crippen molar-refractivity contribution in [3.05, 3.63) is 129 Å². The molecule has 0 aliphatic rings. The average Bonchev–Trinajstić information content (AvgIpc) is 3.16. The van der Waals surface area contributed by atoms with Crippen LogP contribution in [0, 0.1) is 11.8 Å². The van der Waals surface area contributed by atoms with Crippen molar-refractivity contribution in [2.24, 2.45) is 11.8 Å². The lowest BCUT2D eigenvalue weighted by Crippen LogP contribution is -2.07. The molecule has 6 rings (SSSR count). The van der Waals surface area contributed by atoms with E-state index in [0.717, 1.165) is 21.9 Å². The number of ether oxygens (including phenoxy) is 3. The summed E-state index contributed by atoms with van der Waals surface area (Å²) in [6.45, 7) is 8.44. The zero-order valence-electron chi connectivity index (χ0n) is 30.5. The fourth-order valence-corrected chi connectivity index (χ4v) is 5.92. The molecule has 0 bridgehead atoms. The smallest absolute Gasteiger partial charge is 0.344 e. The van der Waals surface area contributed by atoms with E-state index in [1.165, 1.54) is 37.5 Å². The van der Waals surface area contributed by atoms with Crippen molar-refractivity contribution in [3.8, 4) is 0 Å². The molecule has 0 saturated carbocycles. The zero-order valence-corrected chi connectivity index (χ0v) is 30.5. The van der Waals surface area contributed by atoms with E-state index in [4.69, 9.17) is 23.0 Å². The summed E-state index contributed by atoms with van der Waals surface area (Å²) in [5, 5.41) is 3.49. The highest BCUT2D eigenvalue weighted by Crippen LogP contribution is 2.35. The molecule has 0 saturated heterocycles. The predicted octanol–water partition coefficient (Wildman–Crippen LogP) is 8.69. The molecule has 0 amide bonds. The number of esters is 3. The second-order valence-electron chi connectivity index (χ2n) is 13.6. The summed E-state index contributed by atoms with van der Waals surface area (Å²) < 4.78 is 27.5. The Kier molecular flexibility index (Phi) is 11.0. The highest BCUT2D eigenvalue weighted by molar-refractivity contribution is 6.24. The first kappa shape index (κ1) is 37.2. The Bertz CT molecular complexity index is 2710. The maximum atomic E-state index is 13.9. The van der Waals surface area contributed by atoms with Gasteiger partial charge >= 0.3 is 29.2 Å². The lowest BCUT2D eigenvalue weighted by Gasteiger charge is -2.09. The molecule has 0 fully saturated rings. The normalized spacial score (nSPS) is 11.8. The molecular formula is C44H38O10. The van der Waals surface area contributed by atoms with E-state index in [2.05, 4.69) is 0 Å². The SMILES string of the molecule is COC(=O)c1ccc2c(=O)oc3ccc4cc(C=CC(=O)OCC(C)C)ccc4c3c3c(ccc4cc(C=CC(=O)OCC(C)C)ccc43)oc(=O)c2c1. The zero-order chi connectivity index (χ0) is 38.5. The Morgan fingerprint density at radius 3 is 1.52 bits per heavy atom. The Morgan fingerprint density at radius 1 is 0.593 bits per heavy atom. The summed E-state index contributed by atoms with van der Waals surface area (Å²) in [7, 11) is 1.21. The number of hydrogen-bond donors (Lipinski definition) is 0. The molecule has 10 nitrogen and oxygen atoms in total. The minimum absolute atomic E-state index is 0.0508. The monoisotopic (exact) mass is 726 g/mol. The van der Waals surface area contributed by atoms with Crippen LogP contribution in [-0.4, -0.2) is 38.2 Å². The third kappa shape index (κ3) is 8.23. The third-order valence-electron chi connectivity index (χ3n) is 8.49. The van der Waals surface area contributed by atoms with Gasteiger partial charge in [0, 0.05) is 22.9 Å². The van der Waals surface area contributed by atoms with Crippen molar-refractivity contribution < 1.29 is 37.4 Å². The average molecular weight is 727 g/mol. The Hall–Kier alpha value is -6.55. The molecule has 0 aliphatic carbocycles. The van der Waals surface area contributed by atoms with Crippen molar-refractivity contribution >= 4 is 84.3 Å². The van der Waals surface area contributed by atoms with E-state index in [1.807, 2.05) is 64.1 Å². The number of fused-ring (bicyclic) bond motifs is 8. The summed E-state index contributed by atoms with van der Waals surface area (Å²) in [6.07, 6.45) is 6.05. The van der Waals surface area contributed by atoms with E-state index in [1.54, 1.807) is 36.4 Å². The fourth-order valence-electron chi connectivity index (χ4n) is 5.92. The standard InChI is InChI=1S/C44H38O10/c1-25(2)23-51-38(45)18-8-27-6-13-32-29(20-27)11-16-36-40(32)41-33-14-7-28(9-19-39(46)52-24-26(3)4)21-30(33)12-17-37(41)54-44(49)35-22-31(42(47)50-5)10-15-34(35)43(48)53-36/h6-22,25-26H,23-24H2,1-5H3. The molecule has 274 valence electrons. The molecule has 0 N–H and O–H groups in total. The number of methoxy groups -OCH3 is 1. The molecule has 0 aliphatic heterocycles. The number of benzene rings is 5. The first-order valence-corrected chi connectivity index (χ1v) is 17.4. The minimum atomic E-state index is -0.881. The van der Waals surface area contributed by atoms with Crippen LogP contribution in [0.15, 0.2) is 109 Å². The molecule has 6 aromatic rings. The molecule has 1 heterocycles. The molecule has 10 heteroatoms. The van der Waals surface area contributed by atoms with Gasteiger partial charge in [-0.15, -0.1) is 0 Å². The molecule has 0 atom stereocenters. The maximum absolute atomic E-state index is 13.9. The molecule has 54 heavy (non-hydrogen) atoms. The highest BCUT2D eigenvalue weighted by Gasteiger charge is 2.15. The number of carbonyl (C=O) groups excluding carboxylic acids is 3. The van der Waals surface area contributed by atoms with E-state index >= 15 is 0 Å². The molecular weight excluding hydrogens is 688 g/mol. The largest absolute Gasteiger partial charge is 0.465 e. The van der Waals surface area contributed by atoms with Crippen LogP contribution in [0.2, 0.25) is 0 Å². The van der Waals surface area contributed by atoms with Crippen LogP contribution in [0.1, 0.15) is 49.2 Å². The van der Waals surface area contributed by atoms with Gasteiger partial charge in [0.25, 0.3) is 0 Å². The van der Waals surface area contributed by atoms with Crippen molar-refractivity contribution in [3.63, 3.8) is 0 Å². The topological polar surface area (TPSA) is 139 Å². The lowest BCUT2D eigenvalue weighted by atomic mass is 9.96. The van der Waals surface area contributed by atoms with Gasteiger partial charge in [-0.25, -0.2) is 24.0 Å². The van der Waals surface area contributed by atoms with Gasteiger partial charge in [-0.3, -0.25) is 0 Å². The third-order valence-corrected chi connectivity index (χ3v) is 8.49. The Balaban J connectivity index is 1.65. The van der Waals surface area contributed by atoms with Crippen LogP contribution in [0.3, 0.4) is 0 Å². The van der Waals surface area contributed by atoms with E-state index in [9.17, 15) is 24.0 Å². The highest BCUT2D eigenvalue weighted by atomic mass is 16.5. The van der Waals surface area contributed by atoms with Gasteiger partial charge in [-0.1, -0.05) is 64.1 Å². The van der Waals surface area contributed by atoms with E-state index in [-0.39, 0.29) is 39.3 Å². The first-order valence-electron chi connectivity index (χ1n) is 17.4. The predicted molar refractivity (Wildman–Crippen MR) is 210 cm³/mol. The minimum Gasteiger partial charge on any atom is -0.465 e. The van der Waals surface area contributed by atoms with Gasteiger partial charge in [-0.05, 0) is 99.1 Å². The van der Waals surface area contributed by atoms with Crippen molar-refractivity contribution in [1.29, 1.82) is 0 Å². The van der Waals surface area contributed by atoms with Crippen LogP contribution < -0.4 is 11.3 Å². The van der Waals surface area contributed by atoms with Crippen LogP contribution in [0.25, 0.3) is 66.4 Å². The van der Waals surface area contributed by atoms with Crippen LogP contribution in [0.4, 0.5) is 0 Å². The summed E-state index contributed by atoms with van der Waals surface area (Å²) >= 11 is 0. The first-order chi connectivity index (χ1) is 25.9. The van der Waals surface area contributed by atoms with Gasteiger partial charge < -0.3 is 23.0 Å². The quantitative estimate of drug-likeness (QED) is 0.0808. The van der Waals surface area contributed by atoms with E-state index in [0.29, 0.717) is 34.8 Å². The number of hydrogen-bond acceptors (Lipinski definition) is 10. The second-order valence-corrected chi connectivity index (χ2v) is 13.6. The fraction of sp³-hybridized carbons (Fsp3) is 0.205. The van der Waals surface area contributed by atoms with Gasteiger partial charge in [0.1, 0.15) is 11.2 Å². The van der Waals surface area contributed by atoms with Crippen LogP contribution >= 0.6 is 0 Å². The molecule has 5 aromatic carbocycles. The van der Waals surface area contributed by atoms with Gasteiger partial charge in [0.2, 0.25) is 0 Å². The lowest BCUT2D eigenvalue weighted by molar-refractivity contribution is -0.139.